The first-order chi connectivity index (χ1) is 11.0. The molecule has 0 radical (unpaired) electrons. The quantitative estimate of drug-likeness (QED) is 0.497. The Bertz CT molecular complexity index is 784. The van der Waals surface area contributed by atoms with Crippen molar-refractivity contribution < 1.29 is 19.6 Å². The molecule has 0 saturated carbocycles. The van der Waals surface area contributed by atoms with Crippen LogP contribution in [0.25, 0.3) is 0 Å². The van der Waals surface area contributed by atoms with Crippen LogP contribution in [0.5, 0.6) is 0 Å². The summed E-state index contributed by atoms with van der Waals surface area (Å²) in [6.07, 6.45) is 1.30. The Morgan fingerprint density at radius 2 is 1.70 bits per heavy atom. The van der Waals surface area contributed by atoms with Gasteiger partial charge in [0, 0.05) is 12.1 Å². The molecular formula is C15H11N3O5. The SMILES string of the molecule is O=C(O)c1ccccc1C(=O)N/N=C/c1ccc([N+](=O)[O-])cc1. The van der Waals surface area contributed by atoms with Crippen molar-refractivity contribution in [1.29, 1.82) is 0 Å². The molecule has 0 aliphatic rings. The van der Waals surface area contributed by atoms with E-state index in [0.29, 0.717) is 5.56 Å². The van der Waals surface area contributed by atoms with Crippen LogP contribution in [-0.2, 0) is 0 Å². The number of hydrogen-bond acceptors (Lipinski definition) is 5. The molecule has 2 rings (SSSR count). The van der Waals surface area contributed by atoms with E-state index in [1.54, 1.807) is 6.07 Å². The number of nitro groups is 1. The Balaban J connectivity index is 2.07. The van der Waals surface area contributed by atoms with Crippen LogP contribution in [0.3, 0.4) is 0 Å². The van der Waals surface area contributed by atoms with Crippen molar-refractivity contribution in [3.05, 3.63) is 75.3 Å². The van der Waals surface area contributed by atoms with Gasteiger partial charge in [0.15, 0.2) is 0 Å². The number of carbonyl (C=O) groups excluding carboxylic acids is 1. The minimum atomic E-state index is -1.21. The number of nitro benzene ring substituents is 1. The lowest BCUT2D eigenvalue weighted by atomic mass is 10.1. The lowest BCUT2D eigenvalue weighted by Gasteiger charge is -2.03. The lowest BCUT2D eigenvalue weighted by molar-refractivity contribution is -0.384. The van der Waals surface area contributed by atoms with Gasteiger partial charge < -0.3 is 5.11 Å². The van der Waals surface area contributed by atoms with E-state index >= 15 is 0 Å². The Kier molecular flexibility index (Phi) is 4.78. The fourth-order valence-corrected chi connectivity index (χ4v) is 1.78. The Hall–Kier alpha value is -3.55. The van der Waals surface area contributed by atoms with Crippen molar-refractivity contribution in [2.75, 3.05) is 0 Å². The molecule has 0 heterocycles. The maximum absolute atomic E-state index is 11.9. The highest BCUT2D eigenvalue weighted by molar-refractivity contribution is 6.04. The molecule has 2 N–H and O–H groups in total. The largest absolute Gasteiger partial charge is 0.478 e. The van der Waals surface area contributed by atoms with Crippen LogP contribution in [-0.4, -0.2) is 28.1 Å². The lowest BCUT2D eigenvalue weighted by Crippen LogP contribution is -2.20. The van der Waals surface area contributed by atoms with Gasteiger partial charge in [-0.1, -0.05) is 12.1 Å². The number of carboxylic acid groups (broad SMARTS) is 1. The van der Waals surface area contributed by atoms with Gasteiger partial charge in [-0.15, -0.1) is 0 Å². The van der Waals surface area contributed by atoms with E-state index in [1.807, 2.05) is 0 Å². The highest BCUT2D eigenvalue weighted by Gasteiger charge is 2.14. The van der Waals surface area contributed by atoms with Gasteiger partial charge in [-0.3, -0.25) is 14.9 Å². The zero-order valence-electron chi connectivity index (χ0n) is 11.7. The molecule has 8 heteroatoms. The highest BCUT2D eigenvalue weighted by atomic mass is 16.6. The number of aromatic carboxylic acids is 1. The first-order valence-corrected chi connectivity index (χ1v) is 6.39. The number of benzene rings is 2. The predicted molar refractivity (Wildman–Crippen MR) is 81.6 cm³/mol. The summed E-state index contributed by atoms with van der Waals surface area (Å²) >= 11 is 0. The molecule has 8 nitrogen and oxygen atoms in total. The summed E-state index contributed by atoms with van der Waals surface area (Å²) < 4.78 is 0. The molecule has 0 unspecified atom stereocenters. The summed E-state index contributed by atoms with van der Waals surface area (Å²) in [4.78, 5) is 33.0. The van der Waals surface area contributed by atoms with Crippen LogP contribution < -0.4 is 5.43 Å². The van der Waals surface area contributed by atoms with E-state index in [4.69, 9.17) is 5.11 Å². The summed E-state index contributed by atoms with van der Waals surface area (Å²) in [5.74, 6) is -1.88. The van der Waals surface area contributed by atoms with E-state index in [-0.39, 0.29) is 16.8 Å². The average molecular weight is 313 g/mol. The monoisotopic (exact) mass is 313 g/mol. The van der Waals surface area contributed by atoms with Gasteiger partial charge in [0.05, 0.1) is 22.3 Å². The van der Waals surface area contributed by atoms with Crippen molar-refractivity contribution in [3.8, 4) is 0 Å². The summed E-state index contributed by atoms with van der Waals surface area (Å²) in [7, 11) is 0. The van der Waals surface area contributed by atoms with Crippen molar-refractivity contribution in [2.45, 2.75) is 0 Å². The number of non-ortho nitro benzene ring substituents is 1. The summed E-state index contributed by atoms with van der Waals surface area (Å²) in [6, 6.07) is 11.3. The van der Waals surface area contributed by atoms with Gasteiger partial charge in [-0.05, 0) is 29.8 Å². The summed E-state index contributed by atoms with van der Waals surface area (Å²) in [5, 5.41) is 23.2. The Labute approximate surface area is 130 Å². The summed E-state index contributed by atoms with van der Waals surface area (Å²) in [5.41, 5.74) is 2.56. The van der Waals surface area contributed by atoms with Crippen molar-refractivity contribution in [3.63, 3.8) is 0 Å². The second-order valence-electron chi connectivity index (χ2n) is 4.40. The molecule has 0 aromatic heterocycles. The van der Waals surface area contributed by atoms with Crippen LogP contribution in [0.15, 0.2) is 53.6 Å². The number of carboxylic acids is 1. The van der Waals surface area contributed by atoms with Crippen LogP contribution in [0.4, 0.5) is 5.69 Å². The standard InChI is InChI=1S/C15H11N3O5/c19-14(12-3-1-2-4-13(12)15(20)21)17-16-9-10-5-7-11(8-6-10)18(22)23/h1-9H,(H,17,19)(H,20,21)/b16-9+. The molecule has 0 aliphatic heterocycles. The maximum Gasteiger partial charge on any atom is 0.336 e. The summed E-state index contributed by atoms with van der Waals surface area (Å²) in [6.45, 7) is 0. The van der Waals surface area contributed by atoms with Crippen LogP contribution >= 0.6 is 0 Å². The van der Waals surface area contributed by atoms with Gasteiger partial charge in [0.2, 0.25) is 0 Å². The molecule has 0 fully saturated rings. The van der Waals surface area contributed by atoms with Crippen LogP contribution in [0.1, 0.15) is 26.3 Å². The minimum Gasteiger partial charge on any atom is -0.478 e. The second-order valence-corrected chi connectivity index (χ2v) is 4.40. The molecule has 1 amide bonds. The molecule has 0 atom stereocenters. The number of rotatable bonds is 5. The van der Waals surface area contributed by atoms with E-state index in [1.165, 1.54) is 48.7 Å². The average Bonchev–Trinajstić information content (AvgIpc) is 2.55. The Morgan fingerprint density at radius 1 is 1.09 bits per heavy atom. The smallest absolute Gasteiger partial charge is 0.336 e. The van der Waals surface area contributed by atoms with Gasteiger partial charge in [0.1, 0.15) is 0 Å². The van der Waals surface area contributed by atoms with Crippen molar-refractivity contribution >= 4 is 23.8 Å². The number of nitrogens with one attached hydrogen (secondary N) is 1. The molecule has 2 aromatic rings. The molecule has 0 bridgehead atoms. The number of carbonyl (C=O) groups is 2. The molecule has 0 saturated heterocycles. The van der Waals surface area contributed by atoms with E-state index in [9.17, 15) is 19.7 Å². The topological polar surface area (TPSA) is 122 Å². The second kappa shape index (κ2) is 6.94. The Morgan fingerprint density at radius 3 is 2.26 bits per heavy atom. The maximum atomic E-state index is 11.9. The third-order valence-corrected chi connectivity index (χ3v) is 2.89. The fourth-order valence-electron chi connectivity index (χ4n) is 1.78. The molecular weight excluding hydrogens is 302 g/mol. The minimum absolute atomic E-state index is 0.0131. The molecule has 0 aliphatic carbocycles. The third kappa shape index (κ3) is 3.97. The first-order valence-electron chi connectivity index (χ1n) is 6.39. The van der Waals surface area contributed by atoms with Gasteiger partial charge in [-0.2, -0.15) is 5.10 Å². The number of nitrogens with zero attached hydrogens (tertiary/aromatic N) is 2. The highest BCUT2D eigenvalue weighted by Crippen LogP contribution is 2.11. The number of hydrazone groups is 1. The van der Waals surface area contributed by atoms with E-state index in [0.717, 1.165) is 0 Å². The zero-order valence-corrected chi connectivity index (χ0v) is 11.7. The van der Waals surface area contributed by atoms with Gasteiger partial charge >= 0.3 is 5.97 Å². The van der Waals surface area contributed by atoms with Gasteiger partial charge in [-0.25, -0.2) is 10.2 Å². The fraction of sp³-hybridized carbons (Fsp3) is 0. The van der Waals surface area contributed by atoms with Crippen LogP contribution in [0.2, 0.25) is 0 Å². The molecule has 23 heavy (non-hydrogen) atoms. The zero-order chi connectivity index (χ0) is 16.8. The predicted octanol–water partition coefficient (Wildman–Crippen LogP) is 2.06. The molecule has 2 aromatic carbocycles. The molecule has 116 valence electrons. The van der Waals surface area contributed by atoms with Crippen LogP contribution in [0, 0.1) is 10.1 Å². The van der Waals surface area contributed by atoms with E-state index < -0.39 is 16.8 Å². The number of amides is 1. The van der Waals surface area contributed by atoms with Crippen molar-refractivity contribution in [1.82, 2.24) is 5.43 Å². The number of hydrogen-bond donors (Lipinski definition) is 2. The molecule has 0 spiro atoms. The normalized spacial score (nSPS) is 10.4. The first kappa shape index (κ1) is 15.8. The third-order valence-electron chi connectivity index (χ3n) is 2.89. The van der Waals surface area contributed by atoms with Crippen molar-refractivity contribution in [2.24, 2.45) is 5.10 Å². The van der Waals surface area contributed by atoms with Gasteiger partial charge in [0.25, 0.3) is 11.6 Å². The van der Waals surface area contributed by atoms with E-state index in [2.05, 4.69) is 10.5 Å².